The van der Waals surface area contributed by atoms with Crippen LogP contribution in [0.5, 0.6) is 11.5 Å². The van der Waals surface area contributed by atoms with Gasteiger partial charge in [0.2, 0.25) is 0 Å². The van der Waals surface area contributed by atoms with Crippen molar-refractivity contribution in [3.63, 3.8) is 0 Å². The first-order valence-electron chi connectivity index (χ1n) is 7.49. The average molecular weight is 306 g/mol. The van der Waals surface area contributed by atoms with Gasteiger partial charge in [-0.2, -0.15) is 0 Å². The molecule has 0 N–H and O–H groups in total. The minimum atomic E-state index is 0.632. The van der Waals surface area contributed by atoms with Crippen molar-refractivity contribution < 1.29 is 9.47 Å². The number of thiophene rings is 1. The van der Waals surface area contributed by atoms with Crippen molar-refractivity contribution in [2.24, 2.45) is 0 Å². The SMILES string of the molecule is c1ccc2c(c1)Cc1cc(-c3scc4c3OCCO4)ccc1-2. The van der Waals surface area contributed by atoms with E-state index >= 15 is 0 Å². The van der Waals surface area contributed by atoms with Crippen LogP contribution in [-0.2, 0) is 6.42 Å². The summed E-state index contributed by atoms with van der Waals surface area (Å²) in [5.74, 6) is 1.79. The Morgan fingerprint density at radius 3 is 2.73 bits per heavy atom. The molecule has 0 spiro atoms. The van der Waals surface area contributed by atoms with Gasteiger partial charge in [0, 0.05) is 5.38 Å². The molecule has 3 heteroatoms. The number of hydrogen-bond acceptors (Lipinski definition) is 3. The molecule has 0 saturated carbocycles. The van der Waals surface area contributed by atoms with E-state index in [0.29, 0.717) is 13.2 Å². The molecule has 108 valence electrons. The maximum absolute atomic E-state index is 5.82. The predicted octanol–water partition coefficient (Wildman–Crippen LogP) is 4.76. The smallest absolute Gasteiger partial charge is 0.179 e. The van der Waals surface area contributed by atoms with Gasteiger partial charge < -0.3 is 9.47 Å². The lowest BCUT2D eigenvalue weighted by Crippen LogP contribution is -2.14. The number of fused-ring (bicyclic) bond motifs is 4. The zero-order chi connectivity index (χ0) is 14.5. The Kier molecular flexibility index (Phi) is 2.58. The van der Waals surface area contributed by atoms with Crippen LogP contribution in [0.1, 0.15) is 11.1 Å². The van der Waals surface area contributed by atoms with Gasteiger partial charge in [-0.25, -0.2) is 0 Å². The summed E-state index contributed by atoms with van der Waals surface area (Å²) in [6, 6.07) is 15.4. The van der Waals surface area contributed by atoms with Crippen LogP contribution < -0.4 is 9.47 Å². The van der Waals surface area contributed by atoms with Crippen LogP contribution >= 0.6 is 11.3 Å². The van der Waals surface area contributed by atoms with Crippen molar-refractivity contribution in [2.45, 2.75) is 6.42 Å². The monoisotopic (exact) mass is 306 g/mol. The van der Waals surface area contributed by atoms with Crippen LogP contribution in [-0.4, -0.2) is 13.2 Å². The molecule has 0 unspecified atom stereocenters. The van der Waals surface area contributed by atoms with Crippen LogP contribution in [0.2, 0.25) is 0 Å². The quantitative estimate of drug-likeness (QED) is 0.505. The molecule has 3 aromatic rings. The number of rotatable bonds is 1. The highest BCUT2D eigenvalue weighted by Crippen LogP contribution is 2.47. The van der Waals surface area contributed by atoms with Crippen molar-refractivity contribution >= 4 is 11.3 Å². The lowest BCUT2D eigenvalue weighted by atomic mass is 10.0. The van der Waals surface area contributed by atoms with Gasteiger partial charge in [0.15, 0.2) is 11.5 Å². The highest BCUT2D eigenvalue weighted by Gasteiger charge is 2.22. The Hall–Kier alpha value is -2.26. The van der Waals surface area contributed by atoms with E-state index < -0.39 is 0 Å². The third-order valence-corrected chi connectivity index (χ3v) is 5.35. The summed E-state index contributed by atoms with van der Waals surface area (Å²) in [6.07, 6.45) is 1.02. The molecule has 0 atom stereocenters. The molecular weight excluding hydrogens is 292 g/mol. The Morgan fingerprint density at radius 1 is 0.864 bits per heavy atom. The summed E-state index contributed by atoms with van der Waals surface area (Å²) in [7, 11) is 0. The molecule has 22 heavy (non-hydrogen) atoms. The van der Waals surface area contributed by atoms with Crippen LogP contribution in [0, 0.1) is 0 Å². The van der Waals surface area contributed by atoms with E-state index in [1.54, 1.807) is 11.3 Å². The average Bonchev–Trinajstić information content (AvgIpc) is 3.15. The molecule has 1 aliphatic carbocycles. The largest absolute Gasteiger partial charge is 0.485 e. The minimum Gasteiger partial charge on any atom is -0.485 e. The summed E-state index contributed by atoms with van der Waals surface area (Å²) < 4.78 is 11.5. The standard InChI is InChI=1S/C19H14O2S/c1-2-4-15-12(3-1)9-14-10-13(5-6-16(14)15)19-18-17(11-22-19)20-7-8-21-18/h1-6,10-11H,7-9H2. The minimum absolute atomic E-state index is 0.632. The first-order chi connectivity index (χ1) is 10.9. The lowest BCUT2D eigenvalue weighted by Gasteiger charge is -2.16. The van der Waals surface area contributed by atoms with Crippen molar-refractivity contribution in [3.8, 4) is 33.1 Å². The van der Waals surface area contributed by atoms with Crippen molar-refractivity contribution in [2.75, 3.05) is 13.2 Å². The van der Waals surface area contributed by atoms with Crippen LogP contribution in [0.25, 0.3) is 21.6 Å². The van der Waals surface area contributed by atoms with E-state index in [1.165, 1.54) is 32.7 Å². The number of ether oxygens (including phenoxy) is 2. The first-order valence-corrected chi connectivity index (χ1v) is 8.37. The third-order valence-electron chi connectivity index (χ3n) is 4.36. The molecule has 0 radical (unpaired) electrons. The molecule has 0 fully saturated rings. The maximum atomic E-state index is 5.82. The predicted molar refractivity (Wildman–Crippen MR) is 89.0 cm³/mol. The molecule has 5 rings (SSSR count). The number of hydrogen-bond donors (Lipinski definition) is 0. The Morgan fingerprint density at radius 2 is 1.73 bits per heavy atom. The summed E-state index contributed by atoms with van der Waals surface area (Å²) >= 11 is 1.70. The maximum Gasteiger partial charge on any atom is 0.179 e. The fraction of sp³-hybridized carbons (Fsp3) is 0.158. The molecule has 0 amide bonds. The third kappa shape index (κ3) is 1.72. The fourth-order valence-corrected chi connectivity index (χ4v) is 4.28. The second-order valence-corrected chi connectivity index (χ2v) is 6.54. The molecule has 2 heterocycles. The van der Waals surface area contributed by atoms with E-state index in [9.17, 15) is 0 Å². The van der Waals surface area contributed by atoms with Gasteiger partial charge in [-0.15, -0.1) is 11.3 Å². The van der Waals surface area contributed by atoms with Gasteiger partial charge in [0.25, 0.3) is 0 Å². The highest BCUT2D eigenvalue weighted by molar-refractivity contribution is 7.14. The van der Waals surface area contributed by atoms with Crippen molar-refractivity contribution in [1.82, 2.24) is 0 Å². The zero-order valence-electron chi connectivity index (χ0n) is 12.0. The van der Waals surface area contributed by atoms with Crippen LogP contribution in [0.4, 0.5) is 0 Å². The van der Waals surface area contributed by atoms with E-state index in [-0.39, 0.29) is 0 Å². The van der Waals surface area contributed by atoms with Gasteiger partial charge in [-0.05, 0) is 40.3 Å². The van der Waals surface area contributed by atoms with Gasteiger partial charge in [-0.3, -0.25) is 0 Å². The normalized spacial score (nSPS) is 14.5. The van der Waals surface area contributed by atoms with Gasteiger partial charge in [0.05, 0.1) is 4.88 Å². The van der Waals surface area contributed by atoms with Gasteiger partial charge >= 0.3 is 0 Å². The Bertz CT molecular complexity index is 879. The molecular formula is C19H14O2S. The molecule has 1 aliphatic heterocycles. The summed E-state index contributed by atoms with van der Waals surface area (Å²) in [6.45, 7) is 1.27. The lowest BCUT2D eigenvalue weighted by molar-refractivity contribution is 0.174. The summed E-state index contributed by atoms with van der Waals surface area (Å²) in [5, 5.41) is 2.05. The number of benzene rings is 2. The molecule has 0 bridgehead atoms. The van der Waals surface area contributed by atoms with E-state index in [2.05, 4.69) is 42.5 Å². The van der Waals surface area contributed by atoms with Gasteiger partial charge in [0.1, 0.15) is 13.2 Å². The molecule has 2 aromatic carbocycles. The second-order valence-electron chi connectivity index (χ2n) is 5.66. The Labute approximate surface area is 132 Å². The van der Waals surface area contributed by atoms with Crippen molar-refractivity contribution in [3.05, 3.63) is 59.0 Å². The molecule has 2 nitrogen and oxygen atoms in total. The zero-order valence-corrected chi connectivity index (χ0v) is 12.8. The van der Waals surface area contributed by atoms with Crippen LogP contribution in [0.15, 0.2) is 47.8 Å². The highest BCUT2D eigenvalue weighted by atomic mass is 32.1. The first kappa shape index (κ1) is 12.3. The van der Waals surface area contributed by atoms with Crippen molar-refractivity contribution in [1.29, 1.82) is 0 Å². The van der Waals surface area contributed by atoms with E-state index in [1.807, 2.05) is 5.38 Å². The summed E-state index contributed by atoms with van der Waals surface area (Å²) in [4.78, 5) is 1.17. The van der Waals surface area contributed by atoms with Crippen LogP contribution in [0.3, 0.4) is 0 Å². The molecule has 1 aromatic heterocycles. The second kappa shape index (κ2) is 4.62. The molecule has 0 saturated heterocycles. The van der Waals surface area contributed by atoms with E-state index in [4.69, 9.17) is 9.47 Å². The summed E-state index contributed by atoms with van der Waals surface area (Å²) in [5.41, 5.74) is 6.78. The van der Waals surface area contributed by atoms with E-state index in [0.717, 1.165) is 17.9 Å². The van der Waals surface area contributed by atoms with Gasteiger partial charge in [-0.1, -0.05) is 36.4 Å². The Balaban J connectivity index is 1.61. The topological polar surface area (TPSA) is 18.5 Å². The fourth-order valence-electron chi connectivity index (χ4n) is 3.35. The molecule has 2 aliphatic rings.